The summed E-state index contributed by atoms with van der Waals surface area (Å²) in [7, 11) is -4.07. The summed E-state index contributed by atoms with van der Waals surface area (Å²) in [5.41, 5.74) is 0. The molecule has 3 rings (SSSR count). The zero-order chi connectivity index (χ0) is 18.1. The SMILES string of the molecule is C[C-](C)S(=O)(=O)[O-].O=[C-]OCC(=O)OC1C2CC3C(=O)OC1C3C2.[Y]. The number of esters is 2. The summed E-state index contributed by atoms with van der Waals surface area (Å²) in [4.78, 5) is 32.6. The van der Waals surface area contributed by atoms with Gasteiger partial charge >= 0.3 is 11.9 Å². The summed E-state index contributed by atoms with van der Waals surface area (Å²) >= 11 is 0. The maximum Gasteiger partial charge on any atom is 0.341 e. The Labute approximate surface area is 170 Å². The van der Waals surface area contributed by atoms with E-state index in [-0.39, 0.29) is 73.9 Å². The molecule has 0 aromatic carbocycles. The van der Waals surface area contributed by atoms with Crippen LogP contribution in [0.25, 0.3) is 0 Å². The van der Waals surface area contributed by atoms with Crippen LogP contribution in [0, 0.1) is 23.0 Å². The molecule has 3 aliphatic rings. The topological polar surface area (TPSA) is 136 Å². The normalized spacial score (nSPS) is 31.5. The smallest absolute Gasteiger partial charge is 0.341 e. The zero-order valence-corrected chi connectivity index (χ0v) is 17.3. The van der Waals surface area contributed by atoms with Gasteiger partial charge in [0, 0.05) is 44.5 Å². The van der Waals surface area contributed by atoms with Gasteiger partial charge in [0.15, 0.2) is 0 Å². The van der Waals surface area contributed by atoms with Gasteiger partial charge in [-0.05, 0) is 23.0 Å². The van der Waals surface area contributed by atoms with Crippen molar-refractivity contribution in [1.82, 2.24) is 0 Å². The van der Waals surface area contributed by atoms with Crippen LogP contribution in [0.2, 0.25) is 0 Å². The first-order valence-electron chi connectivity index (χ1n) is 7.30. The molecule has 0 aromatic rings. The molecule has 5 atom stereocenters. The quantitative estimate of drug-likeness (QED) is 0.239. The van der Waals surface area contributed by atoms with Gasteiger partial charge in [-0.1, -0.05) is 6.47 Å². The Hall–Kier alpha value is -0.576. The van der Waals surface area contributed by atoms with Crippen molar-refractivity contribution < 1.29 is 74.3 Å². The molecule has 1 heterocycles. The van der Waals surface area contributed by atoms with Crippen LogP contribution in [0.15, 0.2) is 0 Å². The molecule has 3 fully saturated rings. The third-order valence-electron chi connectivity index (χ3n) is 4.43. The van der Waals surface area contributed by atoms with E-state index in [2.05, 4.69) is 4.74 Å². The summed E-state index contributed by atoms with van der Waals surface area (Å²) in [6, 6.07) is 0. The van der Waals surface area contributed by atoms with Gasteiger partial charge in [-0.25, -0.2) is 10.0 Å². The Morgan fingerprint density at radius 1 is 1.40 bits per heavy atom. The largest absolute Gasteiger partial charge is 0.774 e. The van der Waals surface area contributed by atoms with E-state index in [9.17, 15) is 27.4 Å². The van der Waals surface area contributed by atoms with Crippen molar-refractivity contribution in [2.45, 2.75) is 38.9 Å². The van der Waals surface area contributed by atoms with Gasteiger partial charge in [0.2, 0.25) is 0 Å². The van der Waals surface area contributed by atoms with Gasteiger partial charge in [0.05, 0.1) is 5.92 Å². The van der Waals surface area contributed by atoms with Crippen molar-refractivity contribution in [3.63, 3.8) is 0 Å². The Morgan fingerprint density at radius 3 is 2.52 bits per heavy atom. The van der Waals surface area contributed by atoms with Crippen molar-refractivity contribution in [2.24, 2.45) is 17.8 Å². The number of hydrogen-bond donors (Lipinski definition) is 0. The number of fused-ring (bicyclic) bond motifs is 1. The van der Waals surface area contributed by atoms with Crippen molar-refractivity contribution in [3.05, 3.63) is 5.25 Å². The molecule has 1 radical (unpaired) electrons. The summed E-state index contributed by atoms with van der Waals surface area (Å²) in [5, 5.41) is -0.0903. The van der Waals surface area contributed by atoms with Gasteiger partial charge in [0.25, 0.3) is 0 Å². The molecule has 9 nitrogen and oxygen atoms in total. The monoisotopic (exact) mass is 450 g/mol. The molecule has 139 valence electrons. The van der Waals surface area contributed by atoms with E-state index in [1.807, 2.05) is 0 Å². The van der Waals surface area contributed by atoms with Crippen LogP contribution < -0.4 is 0 Å². The van der Waals surface area contributed by atoms with Crippen LogP contribution in [0.1, 0.15) is 26.7 Å². The van der Waals surface area contributed by atoms with E-state index in [0.29, 0.717) is 0 Å². The van der Waals surface area contributed by atoms with Gasteiger partial charge in [-0.2, -0.15) is 13.8 Å². The molecule has 5 unspecified atom stereocenters. The van der Waals surface area contributed by atoms with Crippen molar-refractivity contribution >= 4 is 28.5 Å². The average Bonchev–Trinajstić information content (AvgIpc) is 3.09. The molecule has 0 N–H and O–H groups in total. The maximum atomic E-state index is 11.5. The van der Waals surface area contributed by atoms with E-state index in [1.165, 1.54) is 13.8 Å². The van der Waals surface area contributed by atoms with Crippen molar-refractivity contribution in [3.8, 4) is 0 Å². The van der Waals surface area contributed by atoms with E-state index in [1.54, 1.807) is 0 Å². The maximum absolute atomic E-state index is 11.5. The summed E-state index contributed by atoms with van der Waals surface area (Å²) < 4.78 is 43.8. The molecule has 2 bridgehead atoms. The molecule has 2 aliphatic carbocycles. The van der Waals surface area contributed by atoms with Crippen molar-refractivity contribution in [2.75, 3.05) is 6.61 Å². The van der Waals surface area contributed by atoms with Crippen LogP contribution in [-0.2, 0) is 71.4 Å². The van der Waals surface area contributed by atoms with E-state index < -0.39 is 22.7 Å². The molecule has 25 heavy (non-hydrogen) atoms. The molecule has 1 aliphatic heterocycles. The zero-order valence-electron chi connectivity index (χ0n) is 13.7. The average molecular weight is 450 g/mol. The minimum absolute atomic E-state index is 0. The fourth-order valence-electron chi connectivity index (χ4n) is 3.34. The second-order valence-electron chi connectivity index (χ2n) is 6.09. The summed E-state index contributed by atoms with van der Waals surface area (Å²) in [6.45, 7) is 3.25. The standard InChI is InChI=1S/C11H11O6.C3H7O3S.Y/c12-4-15-3-8(13)16-9-5-1-6-7(2-5)11(14)17-10(6)9;1-3(2)7(4,5)6;/h5-7,9-10H,1-3H2;1-2H3,(H,4,5,6);/q2*-1;/p-1. The third-order valence-corrected chi connectivity index (χ3v) is 5.43. The first-order valence-corrected chi connectivity index (χ1v) is 8.71. The Balaban J connectivity index is 0.000000339. The Kier molecular flexibility index (Phi) is 7.98. The second kappa shape index (κ2) is 8.88. The second-order valence-corrected chi connectivity index (χ2v) is 7.82. The van der Waals surface area contributed by atoms with Crippen molar-refractivity contribution in [1.29, 1.82) is 0 Å². The van der Waals surface area contributed by atoms with Gasteiger partial charge in [-0.15, -0.1) is 0 Å². The first kappa shape index (κ1) is 22.5. The number of carbonyl (C=O) groups is 2. The van der Waals surface area contributed by atoms with Crippen LogP contribution in [0.4, 0.5) is 0 Å². The molecule has 11 heteroatoms. The fourth-order valence-corrected chi connectivity index (χ4v) is 3.34. The molecular formula is C14H17O9SY-3. The fraction of sp³-hybridized carbons (Fsp3) is 0.714. The number of hydrogen-bond acceptors (Lipinski definition) is 9. The Bertz CT molecular complexity index is 618. The number of rotatable bonds is 5. The molecule has 1 saturated heterocycles. The van der Waals surface area contributed by atoms with Crippen LogP contribution in [0.5, 0.6) is 0 Å². The molecule has 2 saturated carbocycles. The van der Waals surface area contributed by atoms with Gasteiger partial charge in [0.1, 0.15) is 18.8 Å². The molecule has 0 amide bonds. The van der Waals surface area contributed by atoms with E-state index in [4.69, 9.17) is 9.47 Å². The van der Waals surface area contributed by atoms with Crippen LogP contribution in [-0.4, -0.2) is 50.2 Å². The van der Waals surface area contributed by atoms with E-state index in [0.717, 1.165) is 19.3 Å². The first-order chi connectivity index (χ1) is 11.1. The molecule has 0 aromatic heterocycles. The minimum Gasteiger partial charge on any atom is -0.774 e. The number of ether oxygens (including phenoxy) is 3. The van der Waals surface area contributed by atoms with Crippen LogP contribution in [0.3, 0.4) is 0 Å². The Morgan fingerprint density at radius 2 is 2.00 bits per heavy atom. The number of carbonyl (C=O) groups excluding carboxylic acids is 3. The van der Waals surface area contributed by atoms with E-state index >= 15 is 0 Å². The summed E-state index contributed by atoms with van der Waals surface area (Å²) in [6.07, 6.45) is 0.944. The van der Waals surface area contributed by atoms with Gasteiger partial charge in [-0.3, -0.25) is 13.2 Å². The van der Waals surface area contributed by atoms with Gasteiger partial charge < -0.3 is 23.6 Å². The predicted octanol–water partition coefficient (Wildman–Crippen LogP) is -0.336. The predicted molar refractivity (Wildman–Crippen MR) is 75.4 cm³/mol. The minimum atomic E-state index is -4.07. The third kappa shape index (κ3) is 5.21. The van der Waals surface area contributed by atoms with Crippen LogP contribution >= 0.6 is 0 Å². The summed E-state index contributed by atoms with van der Waals surface area (Å²) in [5.74, 6) is -0.391. The molecular weight excluding hydrogens is 433 g/mol. The molecule has 0 spiro atoms.